The Morgan fingerprint density at radius 2 is 1.64 bits per heavy atom. The van der Waals surface area contributed by atoms with Crippen LogP contribution in [0.5, 0.6) is 0 Å². The molecule has 22 heavy (non-hydrogen) atoms. The topological polar surface area (TPSA) is 66.6 Å². The molecule has 120 valence electrons. The summed E-state index contributed by atoms with van der Waals surface area (Å²) in [4.78, 5) is 4.52. The first-order valence-corrected chi connectivity index (χ1v) is 7.98. The molecule has 3 aliphatic heterocycles. The highest BCUT2D eigenvalue weighted by Crippen LogP contribution is 2.58. The van der Waals surface area contributed by atoms with Gasteiger partial charge >= 0.3 is 0 Å². The molecule has 3 fully saturated rings. The Morgan fingerprint density at radius 1 is 1.05 bits per heavy atom. The van der Waals surface area contributed by atoms with Crippen molar-refractivity contribution in [3.05, 3.63) is 24.0 Å². The lowest BCUT2D eigenvalue weighted by molar-refractivity contribution is -0.242. The van der Waals surface area contributed by atoms with Crippen LogP contribution in [0.2, 0.25) is 0 Å². The van der Waals surface area contributed by atoms with Crippen LogP contribution in [0.3, 0.4) is 0 Å². The number of nitrogens with zero attached hydrogens (tertiary/aromatic N) is 1. The van der Waals surface area contributed by atoms with Crippen molar-refractivity contribution in [1.29, 1.82) is 0 Å². The summed E-state index contributed by atoms with van der Waals surface area (Å²) in [5.41, 5.74) is 6.86. The standard InChI is InChI=1S/C17H24N2O3/c1-15(2)20-13-14(21-15)17(4)8-10(7-16(13,3)22-17)12-6-5-11(18)9-19-12/h5-6,9-10,13-14H,7-8,18H2,1-4H3/t10-,13-,14+,16+,17-. The van der Waals surface area contributed by atoms with Crippen LogP contribution in [-0.2, 0) is 14.2 Å². The normalized spacial score (nSPS) is 45.7. The zero-order valence-corrected chi connectivity index (χ0v) is 13.6. The number of nitrogens with two attached hydrogens (primary N) is 1. The van der Waals surface area contributed by atoms with Crippen LogP contribution in [0.25, 0.3) is 0 Å². The van der Waals surface area contributed by atoms with Gasteiger partial charge in [-0.25, -0.2) is 0 Å². The molecule has 1 aromatic rings. The summed E-state index contributed by atoms with van der Waals surface area (Å²) in [5.74, 6) is -0.196. The number of hydrogen-bond donors (Lipinski definition) is 1. The largest absolute Gasteiger partial charge is 0.397 e. The van der Waals surface area contributed by atoms with E-state index in [9.17, 15) is 0 Å². The monoisotopic (exact) mass is 304 g/mol. The van der Waals surface area contributed by atoms with Crippen LogP contribution in [-0.4, -0.2) is 34.2 Å². The van der Waals surface area contributed by atoms with Crippen LogP contribution >= 0.6 is 0 Å². The number of pyridine rings is 1. The fourth-order valence-corrected chi connectivity index (χ4v) is 4.54. The van der Waals surface area contributed by atoms with Crippen molar-refractivity contribution in [2.45, 2.75) is 75.7 Å². The van der Waals surface area contributed by atoms with E-state index in [-0.39, 0.29) is 23.4 Å². The van der Waals surface area contributed by atoms with E-state index in [0.717, 1.165) is 18.5 Å². The van der Waals surface area contributed by atoms with Gasteiger partial charge in [0.05, 0.1) is 23.1 Å². The Bertz CT molecular complexity index is 574. The van der Waals surface area contributed by atoms with Crippen LogP contribution < -0.4 is 5.73 Å². The highest BCUT2D eigenvalue weighted by molar-refractivity contribution is 5.36. The minimum absolute atomic E-state index is 0.0220. The molecular formula is C17H24N2O3. The average Bonchev–Trinajstić information content (AvgIpc) is 2.82. The molecule has 5 nitrogen and oxygen atoms in total. The van der Waals surface area contributed by atoms with E-state index in [0.29, 0.717) is 11.6 Å². The second-order valence-corrected chi connectivity index (χ2v) is 7.83. The number of rotatable bonds is 1. The number of fused-ring (bicyclic) bond motifs is 5. The summed E-state index contributed by atoms with van der Waals surface area (Å²) < 4.78 is 18.7. The minimum atomic E-state index is -0.534. The zero-order chi connectivity index (χ0) is 15.8. The smallest absolute Gasteiger partial charge is 0.164 e. The predicted octanol–water partition coefficient (Wildman–Crippen LogP) is 2.61. The van der Waals surface area contributed by atoms with Crippen molar-refractivity contribution in [2.75, 3.05) is 5.73 Å². The number of hydrogen-bond acceptors (Lipinski definition) is 5. The summed E-state index contributed by atoms with van der Waals surface area (Å²) >= 11 is 0. The fourth-order valence-electron chi connectivity index (χ4n) is 4.54. The van der Waals surface area contributed by atoms with Crippen molar-refractivity contribution < 1.29 is 14.2 Å². The van der Waals surface area contributed by atoms with Crippen molar-refractivity contribution in [2.24, 2.45) is 0 Å². The molecule has 0 spiro atoms. The molecule has 1 aromatic heterocycles. The predicted molar refractivity (Wildman–Crippen MR) is 82.3 cm³/mol. The lowest BCUT2D eigenvalue weighted by Crippen LogP contribution is -2.46. The molecule has 4 rings (SSSR count). The quantitative estimate of drug-likeness (QED) is 0.864. The highest BCUT2D eigenvalue weighted by atomic mass is 16.8. The Hall–Kier alpha value is -1.17. The van der Waals surface area contributed by atoms with Crippen molar-refractivity contribution in [3.8, 4) is 0 Å². The number of anilines is 1. The Labute approximate surface area is 131 Å². The van der Waals surface area contributed by atoms with Crippen molar-refractivity contribution in [1.82, 2.24) is 4.98 Å². The summed E-state index contributed by atoms with van der Waals surface area (Å²) in [6.07, 6.45) is 3.46. The molecule has 0 unspecified atom stereocenters. The van der Waals surface area contributed by atoms with Gasteiger partial charge in [0.2, 0.25) is 0 Å². The second-order valence-electron chi connectivity index (χ2n) is 7.83. The maximum absolute atomic E-state index is 6.41. The maximum atomic E-state index is 6.41. The summed E-state index contributed by atoms with van der Waals surface area (Å²) in [6, 6.07) is 3.94. The summed E-state index contributed by atoms with van der Waals surface area (Å²) in [5, 5.41) is 0. The molecular weight excluding hydrogens is 280 g/mol. The van der Waals surface area contributed by atoms with Gasteiger partial charge < -0.3 is 19.9 Å². The molecule has 5 heteroatoms. The Kier molecular flexibility index (Phi) is 2.77. The van der Waals surface area contributed by atoms with E-state index in [1.807, 2.05) is 26.0 Å². The van der Waals surface area contributed by atoms with Crippen LogP contribution in [0.1, 0.15) is 52.1 Å². The number of aromatic nitrogens is 1. The maximum Gasteiger partial charge on any atom is 0.164 e. The second kappa shape index (κ2) is 4.22. The Morgan fingerprint density at radius 3 is 2.14 bits per heavy atom. The first-order valence-electron chi connectivity index (χ1n) is 7.98. The first kappa shape index (κ1) is 14.4. The summed E-state index contributed by atoms with van der Waals surface area (Å²) in [7, 11) is 0. The van der Waals surface area contributed by atoms with Gasteiger partial charge in [0.15, 0.2) is 5.79 Å². The molecule has 5 atom stereocenters. The van der Waals surface area contributed by atoms with Gasteiger partial charge in [0.25, 0.3) is 0 Å². The third kappa shape index (κ3) is 1.99. The summed E-state index contributed by atoms with van der Waals surface area (Å²) in [6.45, 7) is 8.24. The average molecular weight is 304 g/mol. The lowest BCUT2D eigenvalue weighted by atomic mass is 9.82. The van der Waals surface area contributed by atoms with Gasteiger partial charge in [0.1, 0.15) is 12.2 Å². The van der Waals surface area contributed by atoms with Gasteiger partial charge in [0, 0.05) is 11.6 Å². The molecule has 0 aromatic carbocycles. The molecule has 4 heterocycles. The first-order chi connectivity index (χ1) is 10.2. The van der Waals surface area contributed by atoms with Gasteiger partial charge in [-0.1, -0.05) is 0 Å². The van der Waals surface area contributed by atoms with Gasteiger partial charge in [-0.05, 0) is 52.7 Å². The molecule has 2 N–H and O–H groups in total. The molecule has 2 bridgehead atoms. The van der Waals surface area contributed by atoms with E-state index < -0.39 is 5.79 Å². The van der Waals surface area contributed by atoms with Gasteiger partial charge in [-0.2, -0.15) is 0 Å². The molecule has 3 aliphatic rings. The van der Waals surface area contributed by atoms with Crippen molar-refractivity contribution in [3.63, 3.8) is 0 Å². The van der Waals surface area contributed by atoms with E-state index >= 15 is 0 Å². The number of nitrogen functional groups attached to an aromatic ring is 1. The van der Waals surface area contributed by atoms with E-state index in [1.165, 1.54) is 0 Å². The third-order valence-electron chi connectivity index (χ3n) is 5.30. The van der Waals surface area contributed by atoms with Crippen LogP contribution in [0.4, 0.5) is 5.69 Å². The minimum Gasteiger partial charge on any atom is -0.397 e. The number of ether oxygens (including phenoxy) is 3. The van der Waals surface area contributed by atoms with E-state index in [4.69, 9.17) is 19.9 Å². The van der Waals surface area contributed by atoms with E-state index in [1.54, 1.807) is 6.20 Å². The molecule has 0 saturated carbocycles. The Balaban J connectivity index is 1.67. The van der Waals surface area contributed by atoms with Crippen molar-refractivity contribution >= 4 is 5.69 Å². The van der Waals surface area contributed by atoms with Crippen LogP contribution in [0, 0.1) is 0 Å². The molecule has 0 amide bonds. The van der Waals surface area contributed by atoms with Gasteiger partial charge in [-0.3, -0.25) is 4.98 Å². The van der Waals surface area contributed by atoms with E-state index in [2.05, 4.69) is 18.8 Å². The molecule has 0 radical (unpaired) electrons. The molecule has 0 aliphatic carbocycles. The van der Waals surface area contributed by atoms with Gasteiger partial charge in [-0.15, -0.1) is 0 Å². The lowest BCUT2D eigenvalue weighted by Gasteiger charge is -2.43. The zero-order valence-electron chi connectivity index (χ0n) is 13.6. The molecule has 3 saturated heterocycles. The van der Waals surface area contributed by atoms with Crippen LogP contribution in [0.15, 0.2) is 18.3 Å². The fraction of sp³-hybridized carbons (Fsp3) is 0.706. The third-order valence-corrected chi connectivity index (χ3v) is 5.30. The highest BCUT2D eigenvalue weighted by Gasteiger charge is 2.68. The SMILES string of the molecule is CC1(C)O[C@@H]2[C@H](O1)[C@@]1(C)C[C@H](c3ccc(N)cn3)C[C@]2(C)O1.